The van der Waals surface area contributed by atoms with Crippen LogP contribution in [0.25, 0.3) is 44.6 Å². The average Bonchev–Trinajstić information content (AvgIpc) is 3.49. The first-order valence-corrected chi connectivity index (χ1v) is 12.2. The number of furan rings is 2. The van der Waals surface area contributed by atoms with Crippen LogP contribution in [-0.4, -0.2) is 11.6 Å². The molecule has 0 atom stereocenters. The van der Waals surface area contributed by atoms with Gasteiger partial charge in [0.05, 0.1) is 0 Å². The Kier molecular flexibility index (Phi) is 6.12. The predicted octanol–water partition coefficient (Wildman–Crippen LogP) is 8.79. The fourth-order valence-electron chi connectivity index (χ4n) is 4.65. The highest BCUT2D eigenvalue weighted by molar-refractivity contribution is 6.09. The van der Waals surface area contributed by atoms with Gasteiger partial charge in [-0.2, -0.15) is 0 Å². The van der Waals surface area contributed by atoms with E-state index < -0.39 is 0 Å². The van der Waals surface area contributed by atoms with Crippen LogP contribution in [0.5, 0.6) is 0 Å². The Morgan fingerprint density at radius 3 is 1.86 bits per heavy atom. The second-order valence-electron chi connectivity index (χ2n) is 9.04. The molecule has 0 amide bonds. The number of hydrogen-bond acceptors (Lipinski definition) is 4. The van der Waals surface area contributed by atoms with E-state index in [1.807, 2.05) is 87.5 Å². The van der Waals surface area contributed by atoms with E-state index in [-0.39, 0.29) is 11.6 Å². The van der Waals surface area contributed by atoms with Crippen molar-refractivity contribution in [3.05, 3.63) is 83.4 Å². The van der Waals surface area contributed by atoms with E-state index in [2.05, 4.69) is 0 Å². The van der Waals surface area contributed by atoms with Crippen molar-refractivity contribution in [2.24, 2.45) is 0 Å². The van der Waals surface area contributed by atoms with Gasteiger partial charge in [0, 0.05) is 45.9 Å². The number of para-hydroxylation sites is 2. The molecule has 0 spiro atoms. The fraction of sp³-hybridized carbons (Fsp3) is 0.226. The fourth-order valence-corrected chi connectivity index (χ4v) is 4.65. The van der Waals surface area contributed by atoms with Gasteiger partial charge in [0.1, 0.15) is 22.7 Å². The summed E-state index contributed by atoms with van der Waals surface area (Å²) in [5.74, 6) is 1.22. The monoisotopic (exact) mass is 464 g/mol. The first-order valence-electron chi connectivity index (χ1n) is 12.2. The third-order valence-electron chi connectivity index (χ3n) is 6.41. The molecular formula is C31H28O4. The van der Waals surface area contributed by atoms with Gasteiger partial charge in [-0.25, -0.2) is 0 Å². The molecule has 0 saturated heterocycles. The van der Waals surface area contributed by atoms with Crippen molar-refractivity contribution in [3.63, 3.8) is 0 Å². The second kappa shape index (κ2) is 9.38. The topological polar surface area (TPSA) is 60.4 Å². The largest absolute Gasteiger partial charge is 0.456 e. The number of fused-ring (bicyclic) bond motifs is 2. The van der Waals surface area contributed by atoms with Gasteiger partial charge in [0.15, 0.2) is 11.6 Å². The Morgan fingerprint density at radius 2 is 1.26 bits per heavy atom. The maximum Gasteiger partial charge on any atom is 0.163 e. The molecule has 4 heteroatoms. The van der Waals surface area contributed by atoms with Crippen LogP contribution in [0.3, 0.4) is 0 Å². The van der Waals surface area contributed by atoms with Crippen LogP contribution in [0.2, 0.25) is 0 Å². The second-order valence-corrected chi connectivity index (χ2v) is 9.04. The molecule has 176 valence electrons. The summed E-state index contributed by atoms with van der Waals surface area (Å²) in [6, 6.07) is 21.3. The van der Waals surface area contributed by atoms with Crippen LogP contribution in [-0.2, 0) is 0 Å². The summed E-state index contributed by atoms with van der Waals surface area (Å²) in [7, 11) is 0. The molecule has 0 N–H and O–H groups in total. The normalized spacial score (nSPS) is 11.4. The Labute approximate surface area is 204 Å². The zero-order valence-corrected chi connectivity index (χ0v) is 20.3. The molecular weight excluding hydrogens is 436 g/mol. The van der Waals surface area contributed by atoms with E-state index in [1.165, 1.54) is 0 Å². The van der Waals surface area contributed by atoms with Crippen molar-refractivity contribution in [2.75, 3.05) is 0 Å². The first kappa shape index (κ1) is 22.9. The zero-order chi connectivity index (χ0) is 24.5. The van der Waals surface area contributed by atoms with Crippen molar-refractivity contribution in [1.82, 2.24) is 0 Å². The van der Waals surface area contributed by atoms with Crippen molar-refractivity contribution in [1.29, 1.82) is 0 Å². The minimum Gasteiger partial charge on any atom is -0.456 e. The van der Waals surface area contributed by atoms with Gasteiger partial charge < -0.3 is 8.83 Å². The van der Waals surface area contributed by atoms with Gasteiger partial charge in [0.2, 0.25) is 0 Å². The van der Waals surface area contributed by atoms with Crippen LogP contribution >= 0.6 is 0 Å². The first-order chi connectivity index (χ1) is 17.0. The van der Waals surface area contributed by atoms with E-state index in [9.17, 15) is 9.59 Å². The molecule has 0 bridgehead atoms. The molecule has 4 nitrogen and oxygen atoms in total. The number of Topliss-reactive ketones (excluding diaryl/α,β-unsaturated/α-hetero) is 2. The standard InChI is InChI=1S/C31H28O4/c1-4-9-26(32)22-18-25(30-16-21-13-8-11-19(3)31(21)35-30)23(27(33)10-5-2)17-24(22)29-15-20-12-6-7-14-28(20)34-29/h6-8,11-18H,4-5,9-10H2,1-3H3. The molecule has 0 aliphatic rings. The number of rotatable bonds is 8. The van der Waals surface area contributed by atoms with Crippen molar-refractivity contribution in [2.45, 2.75) is 46.5 Å². The average molecular weight is 465 g/mol. The Balaban J connectivity index is 1.78. The SMILES string of the molecule is CCCC(=O)c1cc(-c2cc3cccc(C)c3o2)c(C(=O)CCC)cc1-c1cc2ccccc2o1. The van der Waals surface area contributed by atoms with Crippen LogP contribution in [0, 0.1) is 6.92 Å². The van der Waals surface area contributed by atoms with Crippen molar-refractivity contribution < 1.29 is 18.4 Å². The number of aryl methyl sites for hydroxylation is 1. The lowest BCUT2D eigenvalue weighted by Gasteiger charge is -2.13. The quantitative estimate of drug-likeness (QED) is 0.215. The van der Waals surface area contributed by atoms with Crippen LogP contribution in [0.4, 0.5) is 0 Å². The molecule has 35 heavy (non-hydrogen) atoms. The number of ketones is 2. The molecule has 0 aliphatic heterocycles. The maximum atomic E-state index is 13.3. The van der Waals surface area contributed by atoms with Crippen LogP contribution in [0.1, 0.15) is 65.8 Å². The summed E-state index contributed by atoms with van der Waals surface area (Å²) in [5, 5.41) is 1.92. The molecule has 2 heterocycles. The molecule has 2 aromatic heterocycles. The van der Waals surface area contributed by atoms with Gasteiger partial charge in [-0.3, -0.25) is 9.59 Å². The van der Waals surface area contributed by atoms with Crippen LogP contribution < -0.4 is 0 Å². The highest BCUT2D eigenvalue weighted by Crippen LogP contribution is 2.38. The van der Waals surface area contributed by atoms with E-state index >= 15 is 0 Å². The minimum atomic E-state index is 0.0194. The molecule has 5 aromatic rings. The smallest absolute Gasteiger partial charge is 0.163 e. The summed E-state index contributed by atoms with van der Waals surface area (Å²) >= 11 is 0. The third kappa shape index (κ3) is 4.21. The summed E-state index contributed by atoms with van der Waals surface area (Å²) in [4.78, 5) is 26.6. The molecule has 0 saturated carbocycles. The van der Waals surface area contributed by atoms with Crippen LogP contribution in [0.15, 0.2) is 75.6 Å². The van der Waals surface area contributed by atoms with Crippen molar-refractivity contribution >= 4 is 33.5 Å². The highest BCUT2D eigenvalue weighted by atomic mass is 16.3. The van der Waals surface area contributed by atoms with Gasteiger partial charge in [-0.05, 0) is 55.7 Å². The third-order valence-corrected chi connectivity index (χ3v) is 6.41. The summed E-state index contributed by atoms with van der Waals surface area (Å²) in [6.07, 6.45) is 2.28. The van der Waals surface area contributed by atoms with Gasteiger partial charge in [-0.1, -0.05) is 50.2 Å². The van der Waals surface area contributed by atoms with Gasteiger partial charge in [-0.15, -0.1) is 0 Å². The summed E-state index contributed by atoms with van der Waals surface area (Å²) in [6.45, 7) is 5.97. The Hall–Kier alpha value is -3.92. The number of carbonyl (C=O) groups excluding carboxylic acids is 2. The zero-order valence-electron chi connectivity index (χ0n) is 20.3. The molecule has 3 aromatic carbocycles. The molecule has 0 radical (unpaired) electrons. The summed E-state index contributed by atoms with van der Waals surface area (Å²) in [5.41, 5.74) is 4.96. The maximum absolute atomic E-state index is 13.3. The minimum absolute atomic E-state index is 0.0194. The lowest BCUT2D eigenvalue weighted by molar-refractivity contribution is 0.0971. The van der Waals surface area contributed by atoms with Crippen molar-refractivity contribution in [3.8, 4) is 22.6 Å². The Morgan fingerprint density at radius 1 is 0.686 bits per heavy atom. The van der Waals surface area contributed by atoms with Gasteiger partial charge >= 0.3 is 0 Å². The number of carbonyl (C=O) groups is 2. The lowest BCUT2D eigenvalue weighted by atomic mass is 9.89. The predicted molar refractivity (Wildman–Crippen MR) is 140 cm³/mol. The molecule has 5 rings (SSSR count). The molecule has 0 fully saturated rings. The van der Waals surface area contributed by atoms with E-state index in [4.69, 9.17) is 8.83 Å². The van der Waals surface area contributed by atoms with E-state index in [0.29, 0.717) is 46.6 Å². The lowest BCUT2D eigenvalue weighted by Crippen LogP contribution is -2.07. The number of benzene rings is 3. The summed E-state index contributed by atoms with van der Waals surface area (Å²) < 4.78 is 12.4. The van der Waals surface area contributed by atoms with E-state index in [1.54, 1.807) is 0 Å². The molecule has 0 aliphatic carbocycles. The molecule has 0 unspecified atom stereocenters. The number of hydrogen-bond donors (Lipinski definition) is 0. The Bertz CT molecular complexity index is 1530. The highest BCUT2D eigenvalue weighted by Gasteiger charge is 2.24. The van der Waals surface area contributed by atoms with Gasteiger partial charge in [0.25, 0.3) is 0 Å². The van der Waals surface area contributed by atoms with E-state index in [0.717, 1.165) is 40.3 Å².